The van der Waals surface area contributed by atoms with Crippen molar-refractivity contribution in [2.24, 2.45) is 0 Å². The van der Waals surface area contributed by atoms with Crippen molar-refractivity contribution in [3.05, 3.63) is 69.2 Å². The highest BCUT2D eigenvalue weighted by molar-refractivity contribution is 6.33. The van der Waals surface area contributed by atoms with Crippen molar-refractivity contribution < 1.29 is 19.3 Å². The highest BCUT2D eigenvalue weighted by Crippen LogP contribution is 2.29. The molecule has 1 unspecified atom stereocenters. The number of urea groups is 1. The molecule has 0 radical (unpaired) electrons. The minimum atomic E-state index is -1.29. The summed E-state index contributed by atoms with van der Waals surface area (Å²) in [6.07, 6.45) is 0. The summed E-state index contributed by atoms with van der Waals surface area (Å²) < 4.78 is 0. The first-order chi connectivity index (χ1) is 13.2. The number of amides is 4. The van der Waals surface area contributed by atoms with Crippen molar-refractivity contribution in [3.63, 3.8) is 0 Å². The van der Waals surface area contributed by atoms with E-state index >= 15 is 0 Å². The molecule has 0 spiro atoms. The van der Waals surface area contributed by atoms with Crippen molar-refractivity contribution in [1.29, 1.82) is 0 Å². The molecule has 1 saturated heterocycles. The molecule has 2 aromatic carbocycles. The molecule has 2 aromatic rings. The molecule has 4 amide bonds. The number of nitrogens with one attached hydrogen (secondary N) is 2. The van der Waals surface area contributed by atoms with E-state index in [1.807, 2.05) is 0 Å². The topological polar surface area (TPSA) is 122 Å². The maximum Gasteiger partial charge on any atom is 0.325 e. The van der Waals surface area contributed by atoms with Crippen LogP contribution in [0.5, 0.6) is 0 Å². The quantitative estimate of drug-likeness (QED) is 0.452. The summed E-state index contributed by atoms with van der Waals surface area (Å²) in [5.74, 6) is -1.30. The van der Waals surface area contributed by atoms with E-state index < -0.39 is 34.9 Å². The van der Waals surface area contributed by atoms with Crippen LogP contribution in [0.2, 0.25) is 5.02 Å². The van der Waals surface area contributed by atoms with Gasteiger partial charge in [-0.1, -0.05) is 41.9 Å². The Hall–Kier alpha value is -3.46. The monoisotopic (exact) mass is 402 g/mol. The average molecular weight is 403 g/mol. The van der Waals surface area contributed by atoms with Gasteiger partial charge in [0, 0.05) is 12.1 Å². The molecule has 1 aliphatic rings. The number of rotatable bonds is 5. The number of hydrogen-bond acceptors (Lipinski definition) is 5. The number of nitrogens with zero attached hydrogens (tertiary/aromatic N) is 2. The van der Waals surface area contributed by atoms with Gasteiger partial charge < -0.3 is 10.6 Å². The molecule has 0 aliphatic carbocycles. The standard InChI is InChI=1S/C18H15ClN4O5/c1-18(11-5-3-2-4-6-11)16(25)22(17(26)21-18)10-15(24)20-14-9-12(23(27)28)7-8-13(14)19/h2-9H,10H2,1H3,(H,20,24)(H,21,26). The number of non-ortho nitro benzene ring substituents is 1. The molecule has 0 bridgehead atoms. The lowest BCUT2D eigenvalue weighted by atomic mass is 9.92. The number of halogens is 1. The zero-order valence-electron chi connectivity index (χ0n) is 14.6. The molecule has 144 valence electrons. The van der Waals surface area contributed by atoms with Crippen molar-refractivity contribution in [2.75, 3.05) is 11.9 Å². The molecule has 10 heteroatoms. The number of carbonyl (C=O) groups is 3. The minimum Gasteiger partial charge on any atom is -0.323 e. The maximum absolute atomic E-state index is 12.8. The molecule has 1 atom stereocenters. The molecule has 0 aromatic heterocycles. The Morgan fingerprint density at radius 1 is 1.25 bits per heavy atom. The van der Waals surface area contributed by atoms with E-state index in [-0.39, 0.29) is 16.4 Å². The summed E-state index contributed by atoms with van der Waals surface area (Å²) in [4.78, 5) is 48.4. The highest BCUT2D eigenvalue weighted by Gasteiger charge is 2.49. The summed E-state index contributed by atoms with van der Waals surface area (Å²) in [7, 11) is 0. The third kappa shape index (κ3) is 3.52. The predicted molar refractivity (Wildman–Crippen MR) is 101 cm³/mol. The molecular weight excluding hydrogens is 388 g/mol. The first-order valence-electron chi connectivity index (χ1n) is 8.16. The Morgan fingerprint density at radius 3 is 2.57 bits per heavy atom. The second-order valence-electron chi connectivity index (χ2n) is 6.28. The molecule has 1 fully saturated rings. The molecule has 9 nitrogen and oxygen atoms in total. The van der Waals surface area contributed by atoms with Gasteiger partial charge in [0.2, 0.25) is 5.91 Å². The highest BCUT2D eigenvalue weighted by atomic mass is 35.5. The van der Waals surface area contributed by atoms with E-state index in [0.717, 1.165) is 11.0 Å². The molecule has 0 saturated carbocycles. The number of benzene rings is 2. The molecular formula is C18H15ClN4O5. The Balaban J connectivity index is 1.76. The van der Waals surface area contributed by atoms with Crippen LogP contribution in [0.3, 0.4) is 0 Å². The van der Waals surface area contributed by atoms with Crippen LogP contribution in [-0.4, -0.2) is 34.2 Å². The van der Waals surface area contributed by atoms with Gasteiger partial charge in [-0.2, -0.15) is 0 Å². The second-order valence-corrected chi connectivity index (χ2v) is 6.69. The van der Waals surface area contributed by atoms with E-state index in [4.69, 9.17) is 11.6 Å². The minimum absolute atomic E-state index is 0.0127. The van der Waals surface area contributed by atoms with Crippen molar-refractivity contribution in [1.82, 2.24) is 10.2 Å². The second kappa shape index (κ2) is 7.28. The Morgan fingerprint density at radius 2 is 1.93 bits per heavy atom. The van der Waals surface area contributed by atoms with Gasteiger partial charge in [0.15, 0.2) is 0 Å². The van der Waals surface area contributed by atoms with Crippen LogP contribution in [0.1, 0.15) is 12.5 Å². The van der Waals surface area contributed by atoms with Gasteiger partial charge >= 0.3 is 6.03 Å². The van der Waals surface area contributed by atoms with Crippen molar-refractivity contribution in [2.45, 2.75) is 12.5 Å². The lowest BCUT2D eigenvalue weighted by Crippen LogP contribution is -2.42. The Kier molecular flexibility index (Phi) is 5.02. The fourth-order valence-electron chi connectivity index (χ4n) is 2.86. The number of carbonyl (C=O) groups excluding carboxylic acids is 3. The average Bonchev–Trinajstić information content (AvgIpc) is 2.88. The van der Waals surface area contributed by atoms with Gasteiger partial charge in [0.1, 0.15) is 12.1 Å². The van der Waals surface area contributed by atoms with Gasteiger partial charge in [-0.15, -0.1) is 0 Å². The number of hydrogen-bond donors (Lipinski definition) is 2. The normalized spacial score (nSPS) is 18.7. The largest absolute Gasteiger partial charge is 0.325 e. The molecule has 3 rings (SSSR count). The SMILES string of the molecule is CC1(c2ccccc2)NC(=O)N(CC(=O)Nc2cc([N+](=O)[O-])ccc2Cl)C1=O. The van der Waals surface area contributed by atoms with Crippen LogP contribution in [0.25, 0.3) is 0 Å². The van der Waals surface area contributed by atoms with E-state index in [0.29, 0.717) is 5.56 Å². The number of imide groups is 1. The first kappa shape index (κ1) is 19.3. The van der Waals surface area contributed by atoms with Gasteiger partial charge in [0.05, 0.1) is 15.6 Å². The van der Waals surface area contributed by atoms with Crippen LogP contribution in [0.15, 0.2) is 48.5 Å². The molecule has 1 aliphatic heterocycles. The predicted octanol–water partition coefficient (Wildman–Crippen LogP) is 2.65. The van der Waals surface area contributed by atoms with E-state index in [2.05, 4.69) is 10.6 Å². The van der Waals surface area contributed by atoms with Gasteiger partial charge in [-0.3, -0.25) is 24.6 Å². The van der Waals surface area contributed by atoms with Gasteiger partial charge in [-0.25, -0.2) is 4.79 Å². The first-order valence-corrected chi connectivity index (χ1v) is 8.53. The van der Waals surface area contributed by atoms with Crippen LogP contribution in [0.4, 0.5) is 16.2 Å². The number of nitro groups is 1. The van der Waals surface area contributed by atoms with Crippen molar-refractivity contribution >= 4 is 40.8 Å². The Labute approximate surface area is 164 Å². The van der Waals surface area contributed by atoms with Crippen LogP contribution < -0.4 is 10.6 Å². The van der Waals surface area contributed by atoms with E-state index in [1.165, 1.54) is 12.1 Å². The summed E-state index contributed by atoms with van der Waals surface area (Å²) in [5.41, 5.74) is -0.954. The lowest BCUT2D eigenvalue weighted by Gasteiger charge is -2.22. The van der Waals surface area contributed by atoms with Crippen LogP contribution >= 0.6 is 11.6 Å². The number of anilines is 1. The lowest BCUT2D eigenvalue weighted by molar-refractivity contribution is -0.384. The fourth-order valence-corrected chi connectivity index (χ4v) is 3.03. The fraction of sp³-hybridized carbons (Fsp3) is 0.167. The summed E-state index contributed by atoms with van der Waals surface area (Å²) in [5, 5.41) is 15.9. The van der Waals surface area contributed by atoms with Gasteiger partial charge in [-0.05, 0) is 18.6 Å². The summed E-state index contributed by atoms with van der Waals surface area (Å²) >= 11 is 5.95. The summed E-state index contributed by atoms with van der Waals surface area (Å²) in [6.45, 7) is 0.990. The molecule has 28 heavy (non-hydrogen) atoms. The Bertz CT molecular complexity index is 981. The number of nitro benzene ring substituents is 1. The zero-order chi connectivity index (χ0) is 20.5. The smallest absolute Gasteiger partial charge is 0.323 e. The third-order valence-corrected chi connectivity index (χ3v) is 4.69. The van der Waals surface area contributed by atoms with Crippen LogP contribution in [0, 0.1) is 10.1 Å². The third-order valence-electron chi connectivity index (χ3n) is 4.36. The molecule has 2 N–H and O–H groups in total. The zero-order valence-corrected chi connectivity index (χ0v) is 15.4. The van der Waals surface area contributed by atoms with Gasteiger partial charge in [0.25, 0.3) is 11.6 Å². The van der Waals surface area contributed by atoms with E-state index in [1.54, 1.807) is 37.3 Å². The summed E-state index contributed by atoms with van der Waals surface area (Å²) in [6, 6.07) is 11.5. The molecule has 1 heterocycles. The van der Waals surface area contributed by atoms with Crippen LogP contribution in [-0.2, 0) is 15.1 Å². The van der Waals surface area contributed by atoms with E-state index in [9.17, 15) is 24.5 Å². The van der Waals surface area contributed by atoms with Crippen molar-refractivity contribution in [3.8, 4) is 0 Å². The maximum atomic E-state index is 12.8.